The summed E-state index contributed by atoms with van der Waals surface area (Å²) >= 11 is 0. The zero-order valence-corrected chi connectivity index (χ0v) is 6.17. The normalized spacial score (nSPS) is 25.0. The number of amides is 2. The smallest absolute Gasteiger partial charge is 0.229 e. The molecule has 1 unspecified atom stereocenters. The van der Waals surface area contributed by atoms with Gasteiger partial charge in [-0.05, 0) is 12.8 Å². The Morgan fingerprint density at radius 1 is 1.55 bits per heavy atom. The minimum atomic E-state index is -0.240. The van der Waals surface area contributed by atoms with Gasteiger partial charge in [-0.15, -0.1) is 0 Å². The van der Waals surface area contributed by atoms with Crippen LogP contribution in [0.2, 0.25) is 0 Å². The van der Waals surface area contributed by atoms with Crippen molar-refractivity contribution >= 4 is 11.8 Å². The lowest BCUT2D eigenvalue weighted by Gasteiger charge is -2.19. The Balaban J connectivity index is 2.44. The van der Waals surface area contributed by atoms with Crippen LogP contribution >= 0.6 is 0 Å². The molecule has 1 heterocycles. The molecule has 0 aromatic heterocycles. The summed E-state index contributed by atoms with van der Waals surface area (Å²) in [5, 5.41) is 10.8. The van der Waals surface area contributed by atoms with Crippen molar-refractivity contribution in [1.82, 2.24) is 5.32 Å². The Labute approximate surface area is 64.6 Å². The number of rotatable bonds is 2. The van der Waals surface area contributed by atoms with Gasteiger partial charge in [0, 0.05) is 18.9 Å². The van der Waals surface area contributed by atoms with E-state index in [0.29, 0.717) is 19.3 Å². The second-order valence-electron chi connectivity index (χ2n) is 2.66. The van der Waals surface area contributed by atoms with Crippen molar-refractivity contribution in [1.29, 1.82) is 0 Å². The number of hydrogen-bond donors (Lipinski definition) is 2. The van der Waals surface area contributed by atoms with Crippen LogP contribution in [0.15, 0.2) is 0 Å². The summed E-state index contributed by atoms with van der Waals surface area (Å²) in [4.78, 5) is 21.6. The van der Waals surface area contributed by atoms with Crippen LogP contribution in [0, 0.1) is 5.92 Å². The molecule has 0 saturated carbocycles. The van der Waals surface area contributed by atoms with Gasteiger partial charge in [0.25, 0.3) is 0 Å². The molecule has 1 aliphatic rings. The van der Waals surface area contributed by atoms with Gasteiger partial charge in [-0.2, -0.15) is 0 Å². The largest absolute Gasteiger partial charge is 0.396 e. The molecule has 0 radical (unpaired) electrons. The van der Waals surface area contributed by atoms with Crippen LogP contribution in [0.4, 0.5) is 0 Å². The standard InChI is InChI=1S/C7H11NO3/c9-4-3-5-1-2-6(10)8-7(5)11/h5,9H,1-4H2,(H,8,10,11). The molecule has 1 aliphatic heterocycles. The van der Waals surface area contributed by atoms with Crippen molar-refractivity contribution in [3.05, 3.63) is 0 Å². The fourth-order valence-electron chi connectivity index (χ4n) is 1.17. The van der Waals surface area contributed by atoms with Crippen LogP contribution in [-0.2, 0) is 9.59 Å². The van der Waals surface area contributed by atoms with E-state index in [0.717, 1.165) is 0 Å². The molecule has 1 saturated heterocycles. The number of imide groups is 1. The summed E-state index contributed by atoms with van der Waals surface area (Å²) in [6.45, 7) is 0.00623. The van der Waals surface area contributed by atoms with Crippen molar-refractivity contribution in [2.75, 3.05) is 6.61 Å². The van der Waals surface area contributed by atoms with Crippen LogP contribution in [-0.4, -0.2) is 23.5 Å². The number of carbonyl (C=O) groups excluding carboxylic acids is 2. The monoisotopic (exact) mass is 157 g/mol. The molecule has 1 fully saturated rings. The van der Waals surface area contributed by atoms with Gasteiger partial charge in [-0.1, -0.05) is 0 Å². The fourth-order valence-corrected chi connectivity index (χ4v) is 1.17. The highest BCUT2D eigenvalue weighted by molar-refractivity contribution is 5.98. The van der Waals surface area contributed by atoms with Crippen molar-refractivity contribution in [3.8, 4) is 0 Å². The Morgan fingerprint density at radius 2 is 2.27 bits per heavy atom. The van der Waals surface area contributed by atoms with E-state index >= 15 is 0 Å². The highest BCUT2D eigenvalue weighted by atomic mass is 16.3. The van der Waals surface area contributed by atoms with Gasteiger partial charge in [-0.25, -0.2) is 0 Å². The number of nitrogens with one attached hydrogen (secondary N) is 1. The maximum Gasteiger partial charge on any atom is 0.229 e. The highest BCUT2D eigenvalue weighted by Gasteiger charge is 2.25. The SMILES string of the molecule is O=C1CCC(CCO)C(=O)N1. The molecule has 0 bridgehead atoms. The van der Waals surface area contributed by atoms with Crippen molar-refractivity contribution in [2.45, 2.75) is 19.3 Å². The maximum atomic E-state index is 11.0. The topological polar surface area (TPSA) is 66.4 Å². The highest BCUT2D eigenvalue weighted by Crippen LogP contribution is 2.14. The van der Waals surface area contributed by atoms with E-state index in [1.165, 1.54) is 0 Å². The van der Waals surface area contributed by atoms with Gasteiger partial charge < -0.3 is 5.11 Å². The van der Waals surface area contributed by atoms with Gasteiger partial charge in [0.15, 0.2) is 0 Å². The maximum absolute atomic E-state index is 11.0. The van der Waals surface area contributed by atoms with Crippen molar-refractivity contribution in [3.63, 3.8) is 0 Å². The quantitative estimate of drug-likeness (QED) is 0.527. The lowest BCUT2D eigenvalue weighted by molar-refractivity contribution is -0.136. The molecule has 11 heavy (non-hydrogen) atoms. The first-order chi connectivity index (χ1) is 5.24. The minimum Gasteiger partial charge on any atom is -0.396 e. The van der Waals surface area contributed by atoms with E-state index in [2.05, 4.69) is 5.32 Å². The molecule has 62 valence electrons. The Morgan fingerprint density at radius 3 is 2.82 bits per heavy atom. The molecule has 1 atom stereocenters. The first kappa shape index (κ1) is 8.20. The van der Waals surface area contributed by atoms with Crippen LogP contribution in [0.5, 0.6) is 0 Å². The first-order valence-corrected chi connectivity index (χ1v) is 3.68. The second-order valence-corrected chi connectivity index (χ2v) is 2.66. The molecular formula is C7H11NO3. The second kappa shape index (κ2) is 3.48. The third-order valence-corrected chi connectivity index (χ3v) is 1.83. The lowest BCUT2D eigenvalue weighted by Crippen LogP contribution is -2.40. The van der Waals surface area contributed by atoms with E-state index in [9.17, 15) is 9.59 Å². The third-order valence-electron chi connectivity index (χ3n) is 1.83. The molecular weight excluding hydrogens is 146 g/mol. The molecule has 0 aromatic carbocycles. The Kier molecular flexibility index (Phi) is 2.59. The number of aliphatic hydroxyl groups excluding tert-OH is 1. The predicted molar refractivity (Wildman–Crippen MR) is 37.6 cm³/mol. The number of piperidine rings is 1. The van der Waals surface area contributed by atoms with Crippen LogP contribution in [0.3, 0.4) is 0 Å². The molecule has 4 heteroatoms. The van der Waals surface area contributed by atoms with Gasteiger partial charge in [0.1, 0.15) is 0 Å². The van der Waals surface area contributed by atoms with Crippen LogP contribution < -0.4 is 5.32 Å². The Bertz CT molecular complexity index is 179. The average Bonchev–Trinajstić information content (AvgIpc) is 1.95. The minimum absolute atomic E-state index is 0.00623. The zero-order valence-electron chi connectivity index (χ0n) is 6.17. The molecule has 0 aromatic rings. The fraction of sp³-hybridized carbons (Fsp3) is 0.714. The number of hydrogen-bond acceptors (Lipinski definition) is 3. The van der Waals surface area contributed by atoms with Gasteiger partial charge in [0.05, 0.1) is 0 Å². The molecule has 1 rings (SSSR count). The van der Waals surface area contributed by atoms with E-state index in [-0.39, 0.29) is 24.3 Å². The molecule has 0 aliphatic carbocycles. The van der Waals surface area contributed by atoms with E-state index < -0.39 is 0 Å². The summed E-state index contributed by atoms with van der Waals surface area (Å²) in [5.41, 5.74) is 0. The predicted octanol–water partition coefficient (Wildman–Crippen LogP) is -0.578. The van der Waals surface area contributed by atoms with Gasteiger partial charge in [0.2, 0.25) is 11.8 Å². The summed E-state index contributed by atoms with van der Waals surface area (Å²) in [6.07, 6.45) is 1.43. The van der Waals surface area contributed by atoms with Gasteiger partial charge in [-0.3, -0.25) is 14.9 Å². The average molecular weight is 157 g/mol. The molecule has 2 N–H and O–H groups in total. The van der Waals surface area contributed by atoms with Gasteiger partial charge >= 0.3 is 0 Å². The molecule has 4 nitrogen and oxygen atoms in total. The van der Waals surface area contributed by atoms with Crippen molar-refractivity contribution < 1.29 is 14.7 Å². The summed E-state index contributed by atoms with van der Waals surface area (Å²) in [7, 11) is 0. The first-order valence-electron chi connectivity index (χ1n) is 3.68. The number of aliphatic hydroxyl groups is 1. The summed E-state index contributed by atoms with van der Waals surface area (Å²) < 4.78 is 0. The van der Waals surface area contributed by atoms with Crippen LogP contribution in [0.1, 0.15) is 19.3 Å². The van der Waals surface area contributed by atoms with E-state index in [1.807, 2.05) is 0 Å². The third kappa shape index (κ3) is 2.01. The number of carbonyl (C=O) groups is 2. The molecule has 2 amide bonds. The molecule has 0 spiro atoms. The zero-order chi connectivity index (χ0) is 8.27. The van der Waals surface area contributed by atoms with E-state index in [4.69, 9.17) is 5.11 Å². The van der Waals surface area contributed by atoms with Crippen molar-refractivity contribution in [2.24, 2.45) is 5.92 Å². The summed E-state index contributed by atoms with van der Waals surface area (Å²) in [5.74, 6) is -0.614. The lowest BCUT2D eigenvalue weighted by atomic mass is 9.95. The Hall–Kier alpha value is -0.900. The van der Waals surface area contributed by atoms with Crippen LogP contribution in [0.25, 0.3) is 0 Å². The van der Waals surface area contributed by atoms with E-state index in [1.54, 1.807) is 0 Å². The summed E-state index contributed by atoms with van der Waals surface area (Å²) in [6, 6.07) is 0.